The summed E-state index contributed by atoms with van der Waals surface area (Å²) in [5, 5.41) is 0. The first-order valence-corrected chi connectivity index (χ1v) is 5.80. The van der Waals surface area contributed by atoms with E-state index >= 15 is 0 Å². The molecule has 1 aliphatic carbocycles. The monoisotopic (exact) mass is 243 g/mol. The molecule has 4 heteroatoms. The van der Waals surface area contributed by atoms with Gasteiger partial charge < -0.3 is 5.73 Å². The summed E-state index contributed by atoms with van der Waals surface area (Å²) >= 11 is 0. The van der Waals surface area contributed by atoms with Crippen LogP contribution in [0.2, 0.25) is 0 Å². The maximum absolute atomic E-state index is 13.7. The molecule has 2 N–H and O–H groups in total. The van der Waals surface area contributed by atoms with Gasteiger partial charge in [0.1, 0.15) is 5.82 Å². The normalized spacial score (nSPS) is 19.6. The number of hydrogen-bond donors (Lipinski definition) is 1. The molecule has 0 atom stereocenters. The largest absolute Gasteiger partial charge is 0.321 e. The highest BCUT2D eigenvalue weighted by atomic mass is 19.3. The van der Waals surface area contributed by atoms with E-state index in [1.165, 1.54) is 6.07 Å². The van der Waals surface area contributed by atoms with E-state index in [2.05, 4.69) is 0 Å². The van der Waals surface area contributed by atoms with Crippen LogP contribution in [0.1, 0.15) is 43.7 Å². The van der Waals surface area contributed by atoms with Crippen LogP contribution in [0.4, 0.5) is 13.2 Å². The van der Waals surface area contributed by atoms with E-state index < -0.39 is 17.3 Å². The summed E-state index contributed by atoms with van der Waals surface area (Å²) in [5.41, 5.74) is 5.39. The Hall–Kier alpha value is -1.03. The molecule has 0 unspecified atom stereocenters. The number of nitrogens with two attached hydrogens (primary N) is 1. The van der Waals surface area contributed by atoms with Gasteiger partial charge in [-0.15, -0.1) is 0 Å². The third-order valence-corrected chi connectivity index (χ3v) is 3.51. The SMILES string of the molecule is CC(F)(F)c1ccc(F)c(C2(N)CCCC2)c1. The second kappa shape index (κ2) is 4.02. The van der Waals surface area contributed by atoms with Crippen LogP contribution in [0.5, 0.6) is 0 Å². The van der Waals surface area contributed by atoms with Crippen molar-refractivity contribution >= 4 is 0 Å². The Morgan fingerprint density at radius 2 is 1.82 bits per heavy atom. The minimum Gasteiger partial charge on any atom is -0.321 e. The number of hydrogen-bond acceptors (Lipinski definition) is 1. The highest BCUT2D eigenvalue weighted by molar-refractivity contribution is 5.33. The first-order chi connectivity index (χ1) is 7.83. The van der Waals surface area contributed by atoms with Crippen molar-refractivity contribution < 1.29 is 13.2 Å². The standard InChI is InChI=1S/C13H16F3N/c1-12(15,16)9-4-5-11(14)10(8-9)13(17)6-2-3-7-13/h4-5,8H,2-3,6-7,17H2,1H3. The average Bonchev–Trinajstić information content (AvgIpc) is 2.65. The van der Waals surface area contributed by atoms with Crippen molar-refractivity contribution in [2.75, 3.05) is 0 Å². The Bertz CT molecular complexity index is 417. The third-order valence-electron chi connectivity index (χ3n) is 3.51. The van der Waals surface area contributed by atoms with Gasteiger partial charge in [-0.1, -0.05) is 18.9 Å². The molecule has 1 aliphatic rings. The lowest BCUT2D eigenvalue weighted by molar-refractivity contribution is 0.0172. The van der Waals surface area contributed by atoms with Crippen molar-refractivity contribution in [1.29, 1.82) is 0 Å². The fraction of sp³-hybridized carbons (Fsp3) is 0.538. The lowest BCUT2D eigenvalue weighted by Gasteiger charge is -2.26. The Kier molecular flexibility index (Phi) is 2.94. The summed E-state index contributed by atoms with van der Waals surface area (Å²) in [6, 6.07) is 3.44. The highest BCUT2D eigenvalue weighted by Crippen LogP contribution is 2.39. The van der Waals surface area contributed by atoms with E-state index in [9.17, 15) is 13.2 Å². The van der Waals surface area contributed by atoms with Crippen molar-refractivity contribution in [3.8, 4) is 0 Å². The molecule has 0 saturated heterocycles. The van der Waals surface area contributed by atoms with Crippen molar-refractivity contribution in [2.45, 2.75) is 44.1 Å². The highest BCUT2D eigenvalue weighted by Gasteiger charge is 2.35. The van der Waals surface area contributed by atoms with Gasteiger partial charge in [0, 0.05) is 23.6 Å². The molecule has 1 fully saturated rings. The van der Waals surface area contributed by atoms with E-state index in [0.717, 1.165) is 31.9 Å². The van der Waals surface area contributed by atoms with Crippen molar-refractivity contribution in [1.82, 2.24) is 0 Å². The summed E-state index contributed by atoms with van der Waals surface area (Å²) in [6.07, 6.45) is 3.15. The quantitative estimate of drug-likeness (QED) is 0.842. The summed E-state index contributed by atoms with van der Waals surface area (Å²) < 4.78 is 40.2. The molecule has 17 heavy (non-hydrogen) atoms. The molecule has 0 aromatic heterocycles. The molecule has 94 valence electrons. The van der Waals surface area contributed by atoms with Gasteiger partial charge in [0.25, 0.3) is 5.92 Å². The molecular formula is C13H16F3N. The minimum atomic E-state index is -2.96. The van der Waals surface area contributed by atoms with Gasteiger partial charge in [-0.05, 0) is 25.0 Å². The Labute approximate surface area is 98.8 Å². The molecule has 1 saturated carbocycles. The van der Waals surface area contributed by atoms with E-state index in [0.29, 0.717) is 12.8 Å². The fourth-order valence-corrected chi connectivity index (χ4v) is 2.46. The van der Waals surface area contributed by atoms with Gasteiger partial charge in [0.05, 0.1) is 0 Å². The first-order valence-electron chi connectivity index (χ1n) is 5.80. The van der Waals surface area contributed by atoms with Crippen LogP contribution >= 0.6 is 0 Å². The lowest BCUT2D eigenvalue weighted by Crippen LogP contribution is -2.34. The topological polar surface area (TPSA) is 26.0 Å². The van der Waals surface area contributed by atoms with Gasteiger partial charge in [-0.25, -0.2) is 13.2 Å². The Balaban J connectivity index is 2.46. The maximum atomic E-state index is 13.7. The predicted octanol–water partition coefficient (Wildman–Crippen LogP) is 3.67. The molecule has 0 spiro atoms. The van der Waals surface area contributed by atoms with Crippen molar-refractivity contribution in [3.63, 3.8) is 0 Å². The maximum Gasteiger partial charge on any atom is 0.270 e. The zero-order valence-electron chi connectivity index (χ0n) is 9.77. The molecule has 1 aromatic carbocycles. The number of benzene rings is 1. The molecule has 0 aliphatic heterocycles. The molecule has 0 bridgehead atoms. The summed E-state index contributed by atoms with van der Waals surface area (Å²) in [5.74, 6) is -3.44. The number of rotatable bonds is 2. The van der Waals surface area contributed by atoms with Crippen LogP contribution in [-0.4, -0.2) is 0 Å². The summed E-state index contributed by atoms with van der Waals surface area (Å²) in [4.78, 5) is 0. The lowest BCUT2D eigenvalue weighted by atomic mass is 9.87. The summed E-state index contributed by atoms with van der Waals surface area (Å²) in [7, 11) is 0. The zero-order chi connectivity index (χ0) is 12.7. The Morgan fingerprint density at radius 3 is 2.35 bits per heavy atom. The molecule has 1 nitrogen and oxygen atoms in total. The van der Waals surface area contributed by atoms with E-state index in [4.69, 9.17) is 5.73 Å². The minimum absolute atomic E-state index is 0.175. The first kappa shape index (κ1) is 12.4. The fourth-order valence-electron chi connectivity index (χ4n) is 2.46. The van der Waals surface area contributed by atoms with Crippen LogP contribution in [0.25, 0.3) is 0 Å². The Morgan fingerprint density at radius 1 is 1.24 bits per heavy atom. The second-order valence-corrected chi connectivity index (χ2v) is 4.95. The second-order valence-electron chi connectivity index (χ2n) is 4.95. The van der Waals surface area contributed by atoms with Crippen LogP contribution in [0.15, 0.2) is 18.2 Å². The van der Waals surface area contributed by atoms with Gasteiger partial charge in [0.2, 0.25) is 0 Å². The number of halogens is 3. The van der Waals surface area contributed by atoms with Gasteiger partial charge >= 0.3 is 0 Å². The predicted molar refractivity (Wildman–Crippen MR) is 60.3 cm³/mol. The van der Waals surface area contributed by atoms with Crippen LogP contribution in [0.3, 0.4) is 0 Å². The molecular weight excluding hydrogens is 227 g/mol. The zero-order valence-corrected chi connectivity index (χ0v) is 9.77. The van der Waals surface area contributed by atoms with E-state index in [-0.39, 0.29) is 11.1 Å². The molecule has 2 rings (SSSR count). The van der Waals surface area contributed by atoms with Crippen LogP contribution < -0.4 is 5.73 Å². The van der Waals surface area contributed by atoms with Crippen LogP contribution in [0, 0.1) is 5.82 Å². The van der Waals surface area contributed by atoms with E-state index in [1.54, 1.807) is 0 Å². The van der Waals surface area contributed by atoms with Crippen LogP contribution in [-0.2, 0) is 11.5 Å². The molecule has 0 heterocycles. The third kappa shape index (κ3) is 2.32. The van der Waals surface area contributed by atoms with Crippen molar-refractivity contribution in [3.05, 3.63) is 35.1 Å². The average molecular weight is 243 g/mol. The smallest absolute Gasteiger partial charge is 0.270 e. The molecule has 1 aromatic rings. The van der Waals surface area contributed by atoms with Gasteiger partial charge in [0.15, 0.2) is 0 Å². The van der Waals surface area contributed by atoms with Gasteiger partial charge in [-0.2, -0.15) is 0 Å². The molecule has 0 radical (unpaired) electrons. The summed E-state index contributed by atoms with van der Waals surface area (Å²) in [6.45, 7) is 0.807. The number of alkyl halides is 2. The van der Waals surface area contributed by atoms with Gasteiger partial charge in [-0.3, -0.25) is 0 Å². The van der Waals surface area contributed by atoms with Crippen molar-refractivity contribution in [2.24, 2.45) is 5.73 Å². The molecule has 0 amide bonds. The van der Waals surface area contributed by atoms with E-state index in [1.807, 2.05) is 0 Å².